The third-order valence-electron chi connectivity index (χ3n) is 3.97. The highest BCUT2D eigenvalue weighted by atomic mass is 16.3. The second-order valence-corrected chi connectivity index (χ2v) is 5.82. The molecule has 0 saturated carbocycles. The van der Waals surface area contributed by atoms with Crippen LogP contribution in [-0.2, 0) is 6.42 Å². The minimum atomic E-state index is 0.494. The quantitative estimate of drug-likeness (QED) is 0.856. The van der Waals surface area contributed by atoms with Crippen molar-refractivity contribution in [3.05, 3.63) is 24.2 Å². The summed E-state index contributed by atoms with van der Waals surface area (Å²) in [4.78, 5) is 2.61. The van der Waals surface area contributed by atoms with E-state index in [2.05, 4.69) is 30.1 Å². The zero-order valence-electron chi connectivity index (χ0n) is 12.4. The Morgan fingerprint density at radius 1 is 1.42 bits per heavy atom. The van der Waals surface area contributed by atoms with Gasteiger partial charge in [0.05, 0.1) is 6.26 Å². The van der Waals surface area contributed by atoms with Crippen molar-refractivity contribution in [1.82, 2.24) is 10.2 Å². The molecular formula is C16H28N2O. The van der Waals surface area contributed by atoms with Gasteiger partial charge in [0.1, 0.15) is 5.76 Å². The molecule has 0 bridgehead atoms. The summed E-state index contributed by atoms with van der Waals surface area (Å²) in [6, 6.07) is 5.20. The standard InChI is InChI=1S/C16H28N2O/c1-3-9-18-10-4-6-15(8-11-18)17-14(2)13-16-7-5-12-19-16/h5,7,12,14-15,17H,3-4,6,8-11,13H2,1-2H3. The van der Waals surface area contributed by atoms with Gasteiger partial charge in [0, 0.05) is 18.5 Å². The van der Waals surface area contributed by atoms with E-state index in [1.807, 2.05) is 6.07 Å². The molecule has 0 amide bonds. The van der Waals surface area contributed by atoms with Crippen LogP contribution in [0.25, 0.3) is 0 Å². The predicted molar refractivity (Wildman–Crippen MR) is 79.4 cm³/mol. The van der Waals surface area contributed by atoms with Crippen molar-refractivity contribution in [1.29, 1.82) is 0 Å². The first-order chi connectivity index (χ1) is 9.28. The lowest BCUT2D eigenvalue weighted by Gasteiger charge is -2.22. The van der Waals surface area contributed by atoms with Crippen molar-refractivity contribution in [2.75, 3.05) is 19.6 Å². The van der Waals surface area contributed by atoms with Gasteiger partial charge in [-0.15, -0.1) is 0 Å². The first-order valence-corrected chi connectivity index (χ1v) is 7.78. The number of hydrogen-bond acceptors (Lipinski definition) is 3. The second kappa shape index (κ2) is 7.71. The van der Waals surface area contributed by atoms with Crippen molar-refractivity contribution < 1.29 is 4.42 Å². The number of nitrogens with zero attached hydrogens (tertiary/aromatic N) is 1. The predicted octanol–water partition coefficient (Wildman–Crippen LogP) is 3.06. The maximum Gasteiger partial charge on any atom is 0.105 e. The van der Waals surface area contributed by atoms with Gasteiger partial charge in [0.2, 0.25) is 0 Å². The molecule has 1 saturated heterocycles. The Morgan fingerprint density at radius 3 is 3.05 bits per heavy atom. The second-order valence-electron chi connectivity index (χ2n) is 5.82. The smallest absolute Gasteiger partial charge is 0.105 e. The maximum absolute atomic E-state index is 5.42. The normalized spacial score (nSPS) is 23.2. The molecule has 0 spiro atoms. The van der Waals surface area contributed by atoms with E-state index in [9.17, 15) is 0 Å². The van der Waals surface area contributed by atoms with Crippen molar-refractivity contribution >= 4 is 0 Å². The van der Waals surface area contributed by atoms with Gasteiger partial charge in [-0.3, -0.25) is 0 Å². The largest absolute Gasteiger partial charge is 0.469 e. The Kier molecular flexibility index (Phi) is 5.93. The minimum Gasteiger partial charge on any atom is -0.469 e. The van der Waals surface area contributed by atoms with Crippen LogP contribution in [0.1, 0.15) is 45.3 Å². The van der Waals surface area contributed by atoms with Gasteiger partial charge in [-0.05, 0) is 64.4 Å². The molecule has 3 nitrogen and oxygen atoms in total. The van der Waals surface area contributed by atoms with Gasteiger partial charge < -0.3 is 14.6 Å². The van der Waals surface area contributed by atoms with Crippen LogP contribution in [0.4, 0.5) is 0 Å². The molecule has 2 heterocycles. The molecule has 1 aromatic rings. The van der Waals surface area contributed by atoms with Gasteiger partial charge in [-0.1, -0.05) is 6.92 Å². The summed E-state index contributed by atoms with van der Waals surface area (Å²) < 4.78 is 5.42. The number of hydrogen-bond donors (Lipinski definition) is 1. The molecule has 108 valence electrons. The van der Waals surface area contributed by atoms with Crippen LogP contribution >= 0.6 is 0 Å². The van der Waals surface area contributed by atoms with E-state index in [4.69, 9.17) is 4.42 Å². The zero-order valence-corrected chi connectivity index (χ0v) is 12.4. The van der Waals surface area contributed by atoms with E-state index in [0.717, 1.165) is 12.2 Å². The average Bonchev–Trinajstić information content (AvgIpc) is 2.78. The molecule has 1 fully saturated rings. The molecule has 3 heteroatoms. The first kappa shape index (κ1) is 14.6. The summed E-state index contributed by atoms with van der Waals surface area (Å²) >= 11 is 0. The molecule has 0 aliphatic carbocycles. The maximum atomic E-state index is 5.42. The van der Waals surface area contributed by atoms with Gasteiger partial charge in [0.15, 0.2) is 0 Å². The Hall–Kier alpha value is -0.800. The number of likely N-dealkylation sites (tertiary alicyclic amines) is 1. The fraction of sp³-hybridized carbons (Fsp3) is 0.750. The molecule has 1 aliphatic heterocycles. The molecule has 0 radical (unpaired) electrons. The molecule has 1 aromatic heterocycles. The zero-order chi connectivity index (χ0) is 13.5. The van der Waals surface area contributed by atoms with Gasteiger partial charge in [-0.2, -0.15) is 0 Å². The lowest BCUT2D eigenvalue weighted by molar-refractivity contribution is 0.281. The molecule has 2 rings (SSSR count). The summed E-state index contributed by atoms with van der Waals surface area (Å²) in [5, 5.41) is 3.77. The Morgan fingerprint density at radius 2 is 2.32 bits per heavy atom. The third-order valence-corrected chi connectivity index (χ3v) is 3.97. The highest BCUT2D eigenvalue weighted by Crippen LogP contribution is 2.13. The van der Waals surface area contributed by atoms with Crippen LogP contribution in [0.3, 0.4) is 0 Å². The number of nitrogens with one attached hydrogen (secondary N) is 1. The fourth-order valence-electron chi connectivity index (χ4n) is 3.05. The molecule has 1 aliphatic rings. The minimum absolute atomic E-state index is 0.494. The van der Waals surface area contributed by atoms with Gasteiger partial charge in [0.25, 0.3) is 0 Å². The number of rotatable bonds is 6. The Bertz CT molecular complexity index is 337. The Labute approximate surface area is 117 Å². The van der Waals surface area contributed by atoms with Crippen molar-refractivity contribution in [3.8, 4) is 0 Å². The van der Waals surface area contributed by atoms with Crippen molar-refractivity contribution in [3.63, 3.8) is 0 Å². The highest BCUT2D eigenvalue weighted by Gasteiger charge is 2.18. The number of furan rings is 1. The average molecular weight is 264 g/mol. The summed E-state index contributed by atoms with van der Waals surface area (Å²) in [6.45, 7) is 8.31. The molecule has 1 N–H and O–H groups in total. The van der Waals surface area contributed by atoms with Crippen LogP contribution in [0.2, 0.25) is 0 Å². The van der Waals surface area contributed by atoms with E-state index in [1.165, 1.54) is 45.3 Å². The third kappa shape index (κ3) is 5.00. The Balaban J connectivity index is 1.73. The van der Waals surface area contributed by atoms with E-state index < -0.39 is 0 Å². The van der Waals surface area contributed by atoms with E-state index >= 15 is 0 Å². The van der Waals surface area contributed by atoms with E-state index in [0.29, 0.717) is 12.1 Å². The van der Waals surface area contributed by atoms with E-state index in [1.54, 1.807) is 6.26 Å². The van der Waals surface area contributed by atoms with Crippen molar-refractivity contribution in [2.45, 2.75) is 58.0 Å². The fourth-order valence-corrected chi connectivity index (χ4v) is 3.05. The van der Waals surface area contributed by atoms with E-state index in [-0.39, 0.29) is 0 Å². The van der Waals surface area contributed by atoms with Crippen molar-refractivity contribution in [2.24, 2.45) is 0 Å². The topological polar surface area (TPSA) is 28.4 Å². The summed E-state index contributed by atoms with van der Waals surface area (Å²) in [5.74, 6) is 1.08. The molecule has 2 atom stereocenters. The lowest BCUT2D eigenvalue weighted by Crippen LogP contribution is -2.38. The summed E-state index contributed by atoms with van der Waals surface area (Å²) in [7, 11) is 0. The summed E-state index contributed by atoms with van der Waals surface area (Å²) in [6.07, 6.45) is 7.93. The van der Waals surface area contributed by atoms with Crippen LogP contribution < -0.4 is 5.32 Å². The molecule has 0 aromatic carbocycles. The molecule has 2 unspecified atom stereocenters. The monoisotopic (exact) mass is 264 g/mol. The van der Waals surface area contributed by atoms with Gasteiger partial charge in [-0.25, -0.2) is 0 Å². The van der Waals surface area contributed by atoms with Gasteiger partial charge >= 0.3 is 0 Å². The lowest BCUT2D eigenvalue weighted by atomic mass is 10.1. The van der Waals surface area contributed by atoms with Crippen LogP contribution in [0.5, 0.6) is 0 Å². The van der Waals surface area contributed by atoms with Crippen LogP contribution in [-0.4, -0.2) is 36.6 Å². The van der Waals surface area contributed by atoms with Crippen LogP contribution in [0, 0.1) is 0 Å². The van der Waals surface area contributed by atoms with Crippen LogP contribution in [0.15, 0.2) is 22.8 Å². The molecule has 19 heavy (non-hydrogen) atoms. The first-order valence-electron chi connectivity index (χ1n) is 7.78. The highest BCUT2D eigenvalue weighted by molar-refractivity contribution is 5.00. The SMILES string of the molecule is CCCN1CCCC(NC(C)Cc2ccco2)CC1. The molecular weight excluding hydrogens is 236 g/mol. The summed E-state index contributed by atoms with van der Waals surface area (Å²) in [5.41, 5.74) is 0.